The van der Waals surface area contributed by atoms with E-state index >= 15 is 0 Å². The minimum atomic E-state index is -0.248. The van der Waals surface area contributed by atoms with Gasteiger partial charge in [0.2, 0.25) is 5.78 Å². The number of Topliss-reactive ketones (excluding diaryl/α,β-unsaturated/α-hetero) is 1. The van der Waals surface area contributed by atoms with E-state index in [1.54, 1.807) is 19.2 Å². The first kappa shape index (κ1) is 18.4. The number of aliphatic hydroxyl groups is 1. The summed E-state index contributed by atoms with van der Waals surface area (Å²) in [7, 11) is 1.76. The van der Waals surface area contributed by atoms with Gasteiger partial charge in [-0.1, -0.05) is 30.0 Å². The lowest BCUT2D eigenvalue weighted by molar-refractivity contribution is 0.102. The summed E-state index contributed by atoms with van der Waals surface area (Å²) in [6.45, 7) is 1.89. The van der Waals surface area contributed by atoms with Crippen molar-refractivity contribution in [3.63, 3.8) is 0 Å². The number of anilines is 2. The van der Waals surface area contributed by atoms with E-state index in [1.165, 1.54) is 6.20 Å². The van der Waals surface area contributed by atoms with Crippen molar-refractivity contribution in [3.05, 3.63) is 40.0 Å². The monoisotopic (exact) mass is 390 g/mol. The number of ketones is 1. The van der Waals surface area contributed by atoms with Crippen LogP contribution in [0.4, 0.5) is 15.7 Å². The summed E-state index contributed by atoms with van der Waals surface area (Å²) in [6.07, 6.45) is 2.46. The van der Waals surface area contributed by atoms with Crippen LogP contribution in [-0.2, 0) is 6.42 Å². The largest absolute Gasteiger partial charge is 0.507 e. The second-order valence-corrected chi connectivity index (χ2v) is 7.71. The van der Waals surface area contributed by atoms with Gasteiger partial charge in [-0.15, -0.1) is 0 Å². The van der Waals surface area contributed by atoms with Gasteiger partial charge in [-0.05, 0) is 30.7 Å². The summed E-state index contributed by atoms with van der Waals surface area (Å²) in [4.78, 5) is 33.4. The molecule has 1 amide bonds. The number of aryl methyl sites for hydroxylation is 1. The molecule has 26 heavy (non-hydrogen) atoms. The number of nitrogens with zero attached hydrogens (tertiary/aromatic N) is 2. The van der Waals surface area contributed by atoms with Crippen molar-refractivity contribution in [2.45, 2.75) is 19.8 Å². The molecule has 9 heteroatoms. The standard InChI is InChI=1S/C17H18N4O3S2/c1-3-25-17(24)21-16-20-11-6-5-10(14(23)15(11)26-16)13(22)9-4-7-12(18-2)19-8-9/h4,7-8,22H,3,5-6H2,1-2H3,(H,18,19)(H,20,21,24). The topological polar surface area (TPSA) is 104 Å². The van der Waals surface area contributed by atoms with Crippen molar-refractivity contribution in [3.8, 4) is 0 Å². The molecule has 2 aromatic rings. The van der Waals surface area contributed by atoms with Gasteiger partial charge >= 0.3 is 0 Å². The van der Waals surface area contributed by atoms with Crippen LogP contribution in [-0.4, -0.2) is 38.9 Å². The first-order chi connectivity index (χ1) is 12.5. The van der Waals surface area contributed by atoms with Crippen LogP contribution >= 0.6 is 23.1 Å². The van der Waals surface area contributed by atoms with Crippen LogP contribution in [0.25, 0.3) is 5.76 Å². The molecule has 0 saturated heterocycles. The maximum atomic E-state index is 12.8. The smallest absolute Gasteiger partial charge is 0.285 e. The van der Waals surface area contributed by atoms with Crippen molar-refractivity contribution in [1.82, 2.24) is 9.97 Å². The second-order valence-electron chi connectivity index (χ2n) is 5.48. The quantitative estimate of drug-likeness (QED) is 0.536. The molecule has 0 aliphatic heterocycles. The highest BCUT2D eigenvalue weighted by Crippen LogP contribution is 2.35. The number of amides is 1. The Kier molecular flexibility index (Phi) is 5.58. The van der Waals surface area contributed by atoms with Crippen LogP contribution in [0.2, 0.25) is 0 Å². The van der Waals surface area contributed by atoms with E-state index in [0.717, 1.165) is 23.1 Å². The molecular formula is C17H18N4O3S2. The zero-order valence-electron chi connectivity index (χ0n) is 14.3. The average Bonchev–Trinajstić information content (AvgIpc) is 3.05. The number of aromatic nitrogens is 2. The maximum Gasteiger partial charge on any atom is 0.285 e. The molecule has 3 rings (SSSR count). The molecule has 0 radical (unpaired) electrons. The van der Waals surface area contributed by atoms with Gasteiger partial charge in [-0.2, -0.15) is 0 Å². The summed E-state index contributed by atoms with van der Waals surface area (Å²) < 4.78 is 0. The number of aliphatic hydroxyl groups excluding tert-OH is 1. The van der Waals surface area contributed by atoms with Crippen LogP contribution in [0.3, 0.4) is 0 Å². The normalized spacial score (nSPS) is 15.4. The molecule has 2 aromatic heterocycles. The third kappa shape index (κ3) is 3.73. The van der Waals surface area contributed by atoms with E-state index in [1.807, 2.05) is 6.92 Å². The van der Waals surface area contributed by atoms with E-state index < -0.39 is 0 Å². The van der Waals surface area contributed by atoms with Gasteiger partial charge < -0.3 is 10.4 Å². The minimum Gasteiger partial charge on any atom is -0.507 e. The number of hydrogen-bond donors (Lipinski definition) is 3. The fourth-order valence-corrected chi connectivity index (χ4v) is 4.05. The molecule has 0 spiro atoms. The maximum absolute atomic E-state index is 12.8. The van der Waals surface area contributed by atoms with Crippen molar-refractivity contribution < 1.29 is 14.7 Å². The van der Waals surface area contributed by atoms with Gasteiger partial charge in [0, 0.05) is 24.4 Å². The first-order valence-corrected chi connectivity index (χ1v) is 9.88. The summed E-state index contributed by atoms with van der Waals surface area (Å²) in [5.74, 6) is 1.03. The summed E-state index contributed by atoms with van der Waals surface area (Å²) in [6, 6.07) is 3.45. The second kappa shape index (κ2) is 7.88. The number of carbonyl (C=O) groups is 2. The van der Waals surface area contributed by atoms with Crippen molar-refractivity contribution in [2.75, 3.05) is 23.4 Å². The lowest BCUT2D eigenvalue weighted by Crippen LogP contribution is -2.14. The van der Waals surface area contributed by atoms with Gasteiger partial charge in [-0.3, -0.25) is 14.9 Å². The fraction of sp³-hybridized carbons (Fsp3) is 0.294. The predicted molar refractivity (Wildman–Crippen MR) is 105 cm³/mol. The lowest BCUT2D eigenvalue weighted by atomic mass is 9.93. The van der Waals surface area contributed by atoms with Crippen LogP contribution in [0, 0.1) is 0 Å². The summed E-state index contributed by atoms with van der Waals surface area (Å²) in [5, 5.41) is 16.4. The number of fused-ring (bicyclic) bond motifs is 1. The van der Waals surface area contributed by atoms with E-state index in [9.17, 15) is 14.7 Å². The molecular weight excluding hydrogens is 372 g/mol. The molecule has 0 fully saturated rings. The van der Waals surface area contributed by atoms with Crippen molar-refractivity contribution >= 4 is 50.8 Å². The van der Waals surface area contributed by atoms with E-state index in [0.29, 0.717) is 51.3 Å². The highest BCUT2D eigenvalue weighted by atomic mass is 32.2. The minimum absolute atomic E-state index is 0.0590. The number of carbonyl (C=O) groups excluding carboxylic acids is 2. The Morgan fingerprint density at radius 1 is 1.38 bits per heavy atom. The zero-order valence-corrected chi connectivity index (χ0v) is 16.0. The van der Waals surface area contributed by atoms with Gasteiger partial charge in [-0.25, -0.2) is 9.97 Å². The highest BCUT2D eigenvalue weighted by Gasteiger charge is 2.29. The lowest BCUT2D eigenvalue weighted by Gasteiger charge is -2.14. The molecule has 1 aliphatic carbocycles. The van der Waals surface area contributed by atoms with E-state index in [4.69, 9.17) is 0 Å². The third-order valence-corrected chi connectivity index (χ3v) is 5.52. The van der Waals surface area contributed by atoms with Crippen LogP contribution in [0.5, 0.6) is 0 Å². The molecule has 3 N–H and O–H groups in total. The Balaban J connectivity index is 1.86. The molecule has 136 valence electrons. The summed E-state index contributed by atoms with van der Waals surface area (Å²) >= 11 is 2.29. The SMILES string of the molecule is CCSC(=O)Nc1nc2c(s1)C(=O)C(=C(O)c1ccc(NC)nc1)CC2. The van der Waals surface area contributed by atoms with Gasteiger partial charge in [0.15, 0.2) is 5.13 Å². The highest BCUT2D eigenvalue weighted by molar-refractivity contribution is 8.13. The molecule has 0 saturated carbocycles. The molecule has 0 atom stereocenters. The van der Waals surface area contributed by atoms with Crippen molar-refractivity contribution in [1.29, 1.82) is 0 Å². The number of thiazole rings is 1. The Bertz CT molecular complexity index is 875. The zero-order chi connectivity index (χ0) is 18.7. The Morgan fingerprint density at radius 3 is 2.85 bits per heavy atom. The molecule has 7 nitrogen and oxygen atoms in total. The summed E-state index contributed by atoms with van der Waals surface area (Å²) in [5.41, 5.74) is 1.51. The van der Waals surface area contributed by atoms with Crippen LogP contribution < -0.4 is 10.6 Å². The van der Waals surface area contributed by atoms with Crippen LogP contribution in [0.15, 0.2) is 23.9 Å². The number of pyridine rings is 1. The number of thioether (sulfide) groups is 1. The Labute approximate surface area is 158 Å². The fourth-order valence-electron chi connectivity index (χ4n) is 2.58. The third-order valence-electron chi connectivity index (χ3n) is 3.85. The predicted octanol–water partition coefficient (Wildman–Crippen LogP) is 3.96. The Morgan fingerprint density at radius 2 is 2.19 bits per heavy atom. The number of hydrogen-bond acceptors (Lipinski definition) is 8. The number of rotatable bonds is 4. The van der Waals surface area contributed by atoms with Crippen LogP contribution in [0.1, 0.15) is 34.3 Å². The number of allylic oxidation sites excluding steroid dienone is 1. The van der Waals surface area contributed by atoms with E-state index in [2.05, 4.69) is 20.6 Å². The Hall–Kier alpha value is -2.39. The van der Waals surface area contributed by atoms with E-state index in [-0.39, 0.29) is 16.8 Å². The molecule has 1 aliphatic rings. The van der Waals surface area contributed by atoms with Gasteiger partial charge in [0.1, 0.15) is 16.5 Å². The first-order valence-electron chi connectivity index (χ1n) is 8.08. The van der Waals surface area contributed by atoms with Crippen molar-refractivity contribution in [2.24, 2.45) is 0 Å². The molecule has 2 heterocycles. The average molecular weight is 390 g/mol. The van der Waals surface area contributed by atoms with Gasteiger partial charge in [0.25, 0.3) is 5.24 Å². The van der Waals surface area contributed by atoms with Gasteiger partial charge in [0.05, 0.1) is 5.69 Å². The molecule has 0 unspecified atom stereocenters. The number of nitrogens with one attached hydrogen (secondary N) is 2. The molecule has 0 bridgehead atoms. The molecule has 0 aromatic carbocycles.